The monoisotopic (exact) mass is 358 g/mol. The maximum absolute atomic E-state index is 12.3. The Morgan fingerprint density at radius 3 is 2.80 bits per heavy atom. The van der Waals surface area contributed by atoms with Crippen molar-refractivity contribution in [1.29, 1.82) is 0 Å². The van der Waals surface area contributed by atoms with Gasteiger partial charge in [-0.3, -0.25) is 4.79 Å². The van der Waals surface area contributed by atoms with Gasteiger partial charge < -0.3 is 10.6 Å². The molecule has 1 amide bonds. The lowest BCUT2D eigenvalue weighted by Crippen LogP contribution is -2.44. The van der Waals surface area contributed by atoms with Gasteiger partial charge in [0.2, 0.25) is 5.91 Å². The Balaban J connectivity index is 0.00000147. The molecule has 1 aliphatic heterocycles. The van der Waals surface area contributed by atoms with Crippen LogP contribution in [0, 0.1) is 5.92 Å². The average molecular weight is 360 g/mol. The highest BCUT2D eigenvalue weighted by molar-refractivity contribution is 9.10. The van der Waals surface area contributed by atoms with Crippen LogP contribution < -0.4 is 10.6 Å². The van der Waals surface area contributed by atoms with Crippen LogP contribution in [0.15, 0.2) is 28.7 Å². The summed E-state index contributed by atoms with van der Waals surface area (Å²) < 4.78 is 1.07. The quantitative estimate of drug-likeness (QED) is 0.871. The molecule has 1 saturated carbocycles. The largest absolute Gasteiger partial charge is 0.346 e. The van der Waals surface area contributed by atoms with Crippen molar-refractivity contribution in [2.45, 2.75) is 31.2 Å². The number of nitrogens with one attached hydrogen (secondary N) is 2. The standard InChI is InChI=1S/C15H19BrN2O.ClH/c16-13-5-1-4-12(9-13)15(6-7-15)18-14(19)11-3-2-8-17-10-11;/h1,4-5,9,11,17H,2-3,6-8,10H2,(H,18,19);1H. The third-order valence-electron chi connectivity index (χ3n) is 4.16. The van der Waals surface area contributed by atoms with Crippen LogP contribution in [0.4, 0.5) is 0 Å². The van der Waals surface area contributed by atoms with Crippen molar-refractivity contribution >= 4 is 34.2 Å². The Morgan fingerprint density at radius 2 is 2.20 bits per heavy atom. The smallest absolute Gasteiger partial charge is 0.225 e. The van der Waals surface area contributed by atoms with E-state index in [1.165, 1.54) is 5.56 Å². The fraction of sp³-hybridized carbons (Fsp3) is 0.533. The summed E-state index contributed by atoms with van der Waals surface area (Å²) in [5.74, 6) is 0.350. The van der Waals surface area contributed by atoms with Crippen molar-refractivity contribution in [2.24, 2.45) is 5.92 Å². The lowest BCUT2D eigenvalue weighted by Gasteiger charge is -2.25. The molecule has 0 radical (unpaired) electrons. The van der Waals surface area contributed by atoms with Gasteiger partial charge in [-0.05, 0) is 49.9 Å². The van der Waals surface area contributed by atoms with E-state index in [4.69, 9.17) is 0 Å². The summed E-state index contributed by atoms with van der Waals surface area (Å²) in [5.41, 5.74) is 1.12. The van der Waals surface area contributed by atoms with E-state index in [1.54, 1.807) is 0 Å². The van der Waals surface area contributed by atoms with Crippen LogP contribution in [0.5, 0.6) is 0 Å². The minimum Gasteiger partial charge on any atom is -0.346 e. The summed E-state index contributed by atoms with van der Waals surface area (Å²) in [6.45, 7) is 1.86. The van der Waals surface area contributed by atoms with Crippen LogP contribution in [0.2, 0.25) is 0 Å². The number of halogens is 2. The van der Waals surface area contributed by atoms with Gasteiger partial charge in [0, 0.05) is 11.0 Å². The zero-order valence-corrected chi connectivity index (χ0v) is 13.7. The van der Waals surface area contributed by atoms with Gasteiger partial charge in [-0.15, -0.1) is 12.4 Å². The van der Waals surface area contributed by atoms with Crippen LogP contribution >= 0.6 is 28.3 Å². The van der Waals surface area contributed by atoms with Crippen molar-refractivity contribution in [3.63, 3.8) is 0 Å². The highest BCUT2D eigenvalue weighted by atomic mass is 79.9. The predicted molar refractivity (Wildman–Crippen MR) is 86.0 cm³/mol. The Kier molecular flexibility index (Phi) is 5.10. The summed E-state index contributed by atoms with van der Waals surface area (Å²) in [6, 6.07) is 8.28. The Bertz CT molecular complexity index is 485. The van der Waals surface area contributed by atoms with Crippen molar-refractivity contribution in [1.82, 2.24) is 10.6 Å². The molecule has 3 nitrogen and oxygen atoms in total. The summed E-state index contributed by atoms with van der Waals surface area (Å²) in [5, 5.41) is 6.58. The zero-order chi connectivity index (χ0) is 13.3. The molecule has 3 rings (SSSR count). The molecule has 5 heteroatoms. The predicted octanol–water partition coefficient (Wildman–Crippen LogP) is 2.98. The van der Waals surface area contributed by atoms with E-state index in [0.29, 0.717) is 0 Å². The molecule has 1 aromatic rings. The number of carbonyl (C=O) groups is 1. The van der Waals surface area contributed by atoms with Crippen molar-refractivity contribution in [3.8, 4) is 0 Å². The molecular weight excluding hydrogens is 340 g/mol. The Morgan fingerprint density at radius 1 is 1.40 bits per heavy atom. The van der Waals surface area contributed by atoms with Crippen LogP contribution in [0.1, 0.15) is 31.2 Å². The first-order chi connectivity index (χ1) is 9.20. The highest BCUT2D eigenvalue weighted by Gasteiger charge is 2.46. The lowest BCUT2D eigenvalue weighted by molar-refractivity contribution is -0.126. The average Bonchev–Trinajstić information content (AvgIpc) is 3.21. The molecule has 1 atom stereocenters. The maximum Gasteiger partial charge on any atom is 0.225 e. The molecule has 2 aliphatic rings. The molecule has 1 unspecified atom stereocenters. The Labute approximate surface area is 134 Å². The number of piperidine rings is 1. The lowest BCUT2D eigenvalue weighted by atomic mass is 9.97. The van der Waals surface area contributed by atoms with Gasteiger partial charge in [0.05, 0.1) is 11.5 Å². The third kappa shape index (κ3) is 3.35. The summed E-state index contributed by atoms with van der Waals surface area (Å²) in [6.07, 6.45) is 4.21. The van der Waals surface area contributed by atoms with Gasteiger partial charge in [-0.25, -0.2) is 0 Å². The van der Waals surface area contributed by atoms with E-state index in [-0.39, 0.29) is 29.8 Å². The van der Waals surface area contributed by atoms with Gasteiger partial charge in [-0.2, -0.15) is 0 Å². The third-order valence-corrected chi connectivity index (χ3v) is 4.65. The highest BCUT2D eigenvalue weighted by Crippen LogP contribution is 2.46. The zero-order valence-electron chi connectivity index (χ0n) is 11.3. The second kappa shape index (κ2) is 6.46. The molecule has 1 aliphatic carbocycles. The fourth-order valence-corrected chi connectivity index (χ4v) is 3.21. The second-order valence-corrected chi connectivity index (χ2v) is 6.54. The normalized spacial score (nSPS) is 23.6. The van der Waals surface area contributed by atoms with Gasteiger partial charge in [-0.1, -0.05) is 28.1 Å². The van der Waals surface area contributed by atoms with E-state index in [2.05, 4.69) is 38.7 Å². The van der Waals surface area contributed by atoms with E-state index >= 15 is 0 Å². The number of amides is 1. The van der Waals surface area contributed by atoms with Crippen LogP contribution in [-0.2, 0) is 10.3 Å². The van der Waals surface area contributed by atoms with Crippen molar-refractivity contribution in [3.05, 3.63) is 34.3 Å². The summed E-state index contributed by atoms with van der Waals surface area (Å²) >= 11 is 3.50. The molecule has 0 spiro atoms. The van der Waals surface area contributed by atoms with E-state index < -0.39 is 0 Å². The molecule has 1 heterocycles. The van der Waals surface area contributed by atoms with E-state index in [0.717, 1.165) is 43.2 Å². The van der Waals surface area contributed by atoms with Crippen molar-refractivity contribution < 1.29 is 4.79 Å². The molecule has 0 bridgehead atoms. The molecule has 2 N–H and O–H groups in total. The first kappa shape index (κ1) is 15.8. The molecule has 2 fully saturated rings. The molecule has 20 heavy (non-hydrogen) atoms. The molecular formula is C15H20BrClN2O. The van der Waals surface area contributed by atoms with Gasteiger partial charge in [0.1, 0.15) is 0 Å². The van der Waals surface area contributed by atoms with E-state index in [1.807, 2.05) is 12.1 Å². The number of benzene rings is 1. The minimum absolute atomic E-state index is 0. The maximum atomic E-state index is 12.3. The van der Waals surface area contributed by atoms with Crippen LogP contribution in [-0.4, -0.2) is 19.0 Å². The second-order valence-electron chi connectivity index (χ2n) is 5.62. The van der Waals surface area contributed by atoms with Crippen LogP contribution in [0.3, 0.4) is 0 Å². The molecule has 1 saturated heterocycles. The molecule has 1 aromatic carbocycles. The summed E-state index contributed by atoms with van der Waals surface area (Å²) in [7, 11) is 0. The first-order valence-electron chi connectivity index (χ1n) is 6.98. The number of carbonyl (C=O) groups excluding carboxylic acids is 1. The van der Waals surface area contributed by atoms with E-state index in [9.17, 15) is 4.79 Å². The topological polar surface area (TPSA) is 41.1 Å². The minimum atomic E-state index is -0.0989. The van der Waals surface area contributed by atoms with Gasteiger partial charge in [0.15, 0.2) is 0 Å². The summed E-state index contributed by atoms with van der Waals surface area (Å²) in [4.78, 5) is 12.3. The first-order valence-corrected chi connectivity index (χ1v) is 7.78. The Hall–Kier alpha value is -0.580. The molecule has 0 aromatic heterocycles. The number of rotatable bonds is 3. The SMILES string of the molecule is Cl.O=C(NC1(c2cccc(Br)c2)CC1)C1CCCNC1. The fourth-order valence-electron chi connectivity index (χ4n) is 2.81. The van der Waals surface area contributed by atoms with Crippen LogP contribution in [0.25, 0.3) is 0 Å². The number of hydrogen-bond donors (Lipinski definition) is 2. The van der Waals surface area contributed by atoms with Gasteiger partial charge in [0.25, 0.3) is 0 Å². The number of hydrogen-bond acceptors (Lipinski definition) is 2. The van der Waals surface area contributed by atoms with Gasteiger partial charge >= 0.3 is 0 Å². The molecule has 110 valence electrons. The van der Waals surface area contributed by atoms with Crippen molar-refractivity contribution in [2.75, 3.05) is 13.1 Å².